The number of hydrogen-bond donors (Lipinski definition) is 1. The van der Waals surface area contributed by atoms with Gasteiger partial charge in [0.05, 0.1) is 6.04 Å². The molecule has 5 heteroatoms. The second-order valence-electron chi connectivity index (χ2n) is 9.40. The van der Waals surface area contributed by atoms with Crippen LogP contribution in [0, 0.1) is 0 Å². The van der Waals surface area contributed by atoms with E-state index in [9.17, 15) is 0 Å². The van der Waals surface area contributed by atoms with Crippen molar-refractivity contribution in [2.24, 2.45) is 4.99 Å². The Hall–Kier alpha value is -1.71. The maximum Gasteiger partial charge on any atom is 0.194 e. The average Bonchev–Trinajstić information content (AvgIpc) is 2.76. The summed E-state index contributed by atoms with van der Waals surface area (Å²) in [7, 11) is 0. The molecule has 2 saturated heterocycles. The fourth-order valence-corrected chi connectivity index (χ4v) is 6.12. The summed E-state index contributed by atoms with van der Waals surface area (Å²) in [5, 5.41) is 5.48. The van der Waals surface area contributed by atoms with E-state index < -0.39 is 0 Å². The summed E-state index contributed by atoms with van der Waals surface area (Å²) < 4.78 is 0. The molecule has 0 bridgehead atoms. The van der Waals surface area contributed by atoms with E-state index in [1.165, 1.54) is 49.2 Å². The van der Waals surface area contributed by atoms with Crippen LogP contribution in [0.3, 0.4) is 0 Å². The van der Waals surface area contributed by atoms with Crippen molar-refractivity contribution >= 4 is 29.2 Å². The molecule has 4 atom stereocenters. The smallest absolute Gasteiger partial charge is 0.194 e. The Labute approximate surface area is 195 Å². The van der Waals surface area contributed by atoms with E-state index in [4.69, 9.17) is 28.2 Å². The number of aliphatic imine (C=N–C) groups is 1. The molecule has 2 aromatic carbocycles. The van der Waals surface area contributed by atoms with E-state index in [0.29, 0.717) is 24.2 Å². The van der Waals surface area contributed by atoms with E-state index in [-0.39, 0.29) is 0 Å². The lowest BCUT2D eigenvalue weighted by molar-refractivity contribution is 0.0987. The topological polar surface area (TPSA) is 27.6 Å². The second kappa shape index (κ2) is 9.42. The number of halogens is 2. The Morgan fingerprint density at radius 1 is 0.871 bits per heavy atom. The van der Waals surface area contributed by atoms with Crippen LogP contribution in [0.4, 0.5) is 0 Å². The van der Waals surface area contributed by atoms with Gasteiger partial charge in [-0.2, -0.15) is 0 Å². The van der Waals surface area contributed by atoms with Crippen molar-refractivity contribution in [2.75, 3.05) is 0 Å². The summed E-state index contributed by atoms with van der Waals surface area (Å²) >= 11 is 12.4. The molecule has 3 heterocycles. The monoisotopic (exact) mass is 455 g/mol. The number of rotatable bonds is 6. The summed E-state index contributed by atoms with van der Waals surface area (Å²) in [6, 6.07) is 18.7. The van der Waals surface area contributed by atoms with Crippen molar-refractivity contribution in [2.45, 2.75) is 82.0 Å². The number of benzene rings is 2. The molecule has 2 fully saturated rings. The van der Waals surface area contributed by atoms with Gasteiger partial charge in [-0.1, -0.05) is 47.5 Å². The van der Waals surface area contributed by atoms with Crippen molar-refractivity contribution in [3.8, 4) is 0 Å². The first-order chi connectivity index (χ1) is 15.1. The lowest BCUT2D eigenvalue weighted by Gasteiger charge is -2.52. The molecular weight excluding hydrogens is 425 g/mol. The number of nitrogens with one attached hydrogen (secondary N) is 1. The van der Waals surface area contributed by atoms with Crippen LogP contribution in [-0.4, -0.2) is 35.0 Å². The van der Waals surface area contributed by atoms with E-state index in [1.807, 2.05) is 18.2 Å². The molecule has 3 aliphatic rings. The first kappa shape index (κ1) is 21.2. The van der Waals surface area contributed by atoms with Gasteiger partial charge in [0.1, 0.15) is 0 Å². The normalized spacial score (nSPS) is 27.3. The maximum absolute atomic E-state index is 6.18. The zero-order valence-electron chi connectivity index (χ0n) is 17.9. The molecule has 3 nitrogen and oxygen atoms in total. The molecule has 5 rings (SSSR count). The van der Waals surface area contributed by atoms with Crippen LogP contribution >= 0.6 is 23.2 Å². The minimum absolute atomic E-state index is 0.396. The molecule has 0 radical (unpaired) electrons. The number of aryl methyl sites for hydroxylation is 2. The standard InChI is InChI=1S/C26H31Cl2N3/c27-20-6-1-4-18(14-20)10-12-22-16-24-8-3-9-25-17-23(30-26(29-22)31(24)25)13-11-19-5-2-7-21(28)15-19/h1-2,4-7,14-15,22-25H,3,8-13,16-17H2,(H,29,30)/t22-,23+,24+,25-. The van der Waals surface area contributed by atoms with Crippen LogP contribution in [0.15, 0.2) is 53.5 Å². The third-order valence-electron chi connectivity index (χ3n) is 7.17. The van der Waals surface area contributed by atoms with Gasteiger partial charge in [0.15, 0.2) is 5.96 Å². The van der Waals surface area contributed by atoms with Crippen LogP contribution in [0.1, 0.15) is 56.1 Å². The summed E-state index contributed by atoms with van der Waals surface area (Å²) in [6.45, 7) is 0. The summed E-state index contributed by atoms with van der Waals surface area (Å²) in [6.07, 6.45) is 10.7. The summed E-state index contributed by atoms with van der Waals surface area (Å²) in [4.78, 5) is 7.85. The fourth-order valence-electron chi connectivity index (χ4n) is 5.69. The van der Waals surface area contributed by atoms with Gasteiger partial charge >= 0.3 is 0 Å². The Morgan fingerprint density at radius 3 is 2.19 bits per heavy atom. The van der Waals surface area contributed by atoms with E-state index >= 15 is 0 Å². The maximum atomic E-state index is 6.18. The third-order valence-corrected chi connectivity index (χ3v) is 7.64. The fraction of sp³-hybridized carbons (Fsp3) is 0.500. The van der Waals surface area contributed by atoms with Crippen molar-refractivity contribution in [1.29, 1.82) is 0 Å². The second-order valence-corrected chi connectivity index (χ2v) is 10.3. The van der Waals surface area contributed by atoms with Gasteiger partial charge in [-0.25, -0.2) is 4.99 Å². The molecule has 0 aromatic heterocycles. The van der Waals surface area contributed by atoms with E-state index in [2.05, 4.69) is 40.5 Å². The number of guanidine groups is 1. The quantitative estimate of drug-likeness (QED) is 0.555. The Bertz CT molecular complexity index is 944. The number of piperidine rings is 1. The summed E-state index contributed by atoms with van der Waals surface area (Å²) in [5.74, 6) is 1.17. The Kier molecular flexibility index (Phi) is 6.43. The Balaban J connectivity index is 1.26. The van der Waals surface area contributed by atoms with Gasteiger partial charge in [0.25, 0.3) is 0 Å². The average molecular weight is 456 g/mol. The first-order valence-electron chi connectivity index (χ1n) is 11.8. The molecule has 164 valence electrons. The van der Waals surface area contributed by atoms with Gasteiger partial charge in [0, 0.05) is 28.2 Å². The molecule has 0 saturated carbocycles. The van der Waals surface area contributed by atoms with Crippen molar-refractivity contribution < 1.29 is 0 Å². The van der Waals surface area contributed by atoms with Crippen LogP contribution in [-0.2, 0) is 12.8 Å². The lowest BCUT2D eigenvalue weighted by Crippen LogP contribution is -2.64. The molecule has 0 spiro atoms. The predicted octanol–water partition coefficient (Wildman–Crippen LogP) is 6.27. The lowest BCUT2D eigenvalue weighted by atomic mass is 9.84. The van der Waals surface area contributed by atoms with E-state index in [1.54, 1.807) is 0 Å². The molecule has 0 aliphatic carbocycles. The third kappa shape index (κ3) is 5.04. The van der Waals surface area contributed by atoms with Gasteiger partial charge in [-0.3, -0.25) is 0 Å². The van der Waals surface area contributed by atoms with E-state index in [0.717, 1.165) is 35.7 Å². The molecule has 0 unspecified atom stereocenters. The van der Waals surface area contributed by atoms with Gasteiger partial charge in [-0.05, 0) is 93.2 Å². The highest BCUT2D eigenvalue weighted by molar-refractivity contribution is 6.30. The van der Waals surface area contributed by atoms with Gasteiger partial charge < -0.3 is 10.2 Å². The highest BCUT2D eigenvalue weighted by Crippen LogP contribution is 2.35. The Morgan fingerprint density at radius 2 is 1.52 bits per heavy atom. The molecule has 0 amide bonds. The predicted molar refractivity (Wildman–Crippen MR) is 130 cm³/mol. The van der Waals surface area contributed by atoms with Crippen LogP contribution in [0.5, 0.6) is 0 Å². The molecule has 31 heavy (non-hydrogen) atoms. The molecule has 1 N–H and O–H groups in total. The van der Waals surface area contributed by atoms with Crippen molar-refractivity contribution in [3.05, 3.63) is 69.7 Å². The van der Waals surface area contributed by atoms with Crippen LogP contribution in [0.25, 0.3) is 0 Å². The van der Waals surface area contributed by atoms with Crippen molar-refractivity contribution in [1.82, 2.24) is 10.2 Å². The highest BCUT2D eigenvalue weighted by atomic mass is 35.5. The molecule has 3 aliphatic heterocycles. The zero-order chi connectivity index (χ0) is 21.2. The highest BCUT2D eigenvalue weighted by Gasteiger charge is 2.41. The zero-order valence-corrected chi connectivity index (χ0v) is 19.5. The largest absolute Gasteiger partial charge is 0.353 e. The van der Waals surface area contributed by atoms with Gasteiger partial charge in [0.2, 0.25) is 0 Å². The molecule has 2 aromatic rings. The van der Waals surface area contributed by atoms with Crippen molar-refractivity contribution in [3.63, 3.8) is 0 Å². The number of nitrogens with zero attached hydrogens (tertiary/aromatic N) is 2. The molecular formula is C26H31Cl2N3. The minimum Gasteiger partial charge on any atom is -0.353 e. The van der Waals surface area contributed by atoms with Gasteiger partial charge in [-0.15, -0.1) is 0 Å². The number of hydrogen-bond acceptors (Lipinski definition) is 3. The summed E-state index contributed by atoms with van der Waals surface area (Å²) in [5.41, 5.74) is 2.64. The SMILES string of the molecule is Clc1cccc(CC[C@H]2C[C@H]3CCC[C@H]4C[C@@H](CCc5cccc(Cl)c5)NC(=N2)N34)c1. The minimum atomic E-state index is 0.396. The first-order valence-corrected chi connectivity index (χ1v) is 12.5. The van der Waals surface area contributed by atoms with Crippen LogP contribution in [0.2, 0.25) is 10.0 Å². The van der Waals surface area contributed by atoms with Crippen LogP contribution < -0.4 is 5.32 Å².